The lowest BCUT2D eigenvalue weighted by atomic mass is 10.1. The molecule has 0 N–H and O–H groups in total. The van der Waals surface area contributed by atoms with Gasteiger partial charge in [0.05, 0.1) is 14.9 Å². The van der Waals surface area contributed by atoms with Crippen LogP contribution in [0.4, 0.5) is 0 Å². The molecule has 0 amide bonds. The minimum atomic E-state index is -3.75. The van der Waals surface area contributed by atoms with Crippen LogP contribution in [0.5, 0.6) is 0 Å². The minimum Gasteiger partial charge on any atom is -0.289 e. The molecule has 0 saturated carbocycles. The molecule has 2 aromatic rings. The Bertz CT molecular complexity index is 797. The molecule has 0 atom stereocenters. The predicted octanol–water partition coefficient (Wildman–Crippen LogP) is 4.16. The minimum absolute atomic E-state index is 0.0194. The van der Waals surface area contributed by atoms with E-state index < -0.39 is 9.84 Å². The fraction of sp³-hybridized carbons (Fsp3) is 0. The standard InChI is InChI=1S/C15H10Cl2O3S/c16-13-7-6-12(10-14(13)17)21(19,20)9-8-15(18)11-4-2-1-3-5-11/h1-10H/b9-8+. The molecule has 2 rings (SSSR count). The third kappa shape index (κ3) is 3.94. The first-order chi connectivity index (χ1) is 9.90. The van der Waals surface area contributed by atoms with E-state index in [0.29, 0.717) is 5.56 Å². The summed E-state index contributed by atoms with van der Waals surface area (Å²) in [5.41, 5.74) is 0.415. The van der Waals surface area contributed by atoms with Gasteiger partial charge < -0.3 is 0 Å². The molecule has 0 aromatic heterocycles. The summed E-state index contributed by atoms with van der Waals surface area (Å²) in [6.45, 7) is 0. The first-order valence-electron chi connectivity index (χ1n) is 5.88. The number of ketones is 1. The number of carbonyl (C=O) groups is 1. The smallest absolute Gasteiger partial charge is 0.200 e. The van der Waals surface area contributed by atoms with Gasteiger partial charge in [-0.15, -0.1) is 0 Å². The summed E-state index contributed by atoms with van der Waals surface area (Å²) in [5.74, 6) is -0.390. The van der Waals surface area contributed by atoms with E-state index in [4.69, 9.17) is 23.2 Å². The highest BCUT2D eigenvalue weighted by atomic mass is 35.5. The summed E-state index contributed by atoms with van der Waals surface area (Å²) in [4.78, 5) is 11.8. The molecule has 0 radical (unpaired) electrons. The van der Waals surface area contributed by atoms with Crippen LogP contribution in [0.25, 0.3) is 0 Å². The summed E-state index contributed by atoms with van der Waals surface area (Å²) in [6.07, 6.45) is 1.02. The van der Waals surface area contributed by atoms with Gasteiger partial charge in [-0.25, -0.2) is 8.42 Å². The van der Waals surface area contributed by atoms with Gasteiger partial charge in [-0.2, -0.15) is 0 Å². The maximum atomic E-state index is 12.1. The van der Waals surface area contributed by atoms with Crippen molar-refractivity contribution in [3.8, 4) is 0 Å². The molecular formula is C15H10Cl2O3S. The summed E-state index contributed by atoms with van der Waals surface area (Å²) in [6, 6.07) is 12.4. The number of halogens is 2. The van der Waals surface area contributed by atoms with E-state index in [1.807, 2.05) is 0 Å². The summed E-state index contributed by atoms with van der Waals surface area (Å²) < 4.78 is 24.2. The molecule has 2 aromatic carbocycles. The number of allylic oxidation sites excluding steroid dienone is 1. The Morgan fingerprint density at radius 3 is 2.24 bits per heavy atom. The van der Waals surface area contributed by atoms with Gasteiger partial charge in [-0.1, -0.05) is 53.5 Å². The highest BCUT2D eigenvalue weighted by molar-refractivity contribution is 7.94. The van der Waals surface area contributed by atoms with Crippen molar-refractivity contribution in [3.63, 3.8) is 0 Å². The SMILES string of the molecule is O=C(/C=C/S(=O)(=O)c1ccc(Cl)c(Cl)c1)c1ccccc1. The summed E-state index contributed by atoms with van der Waals surface area (Å²) >= 11 is 11.5. The normalized spacial score (nSPS) is 11.7. The van der Waals surface area contributed by atoms with Crippen molar-refractivity contribution < 1.29 is 13.2 Å². The predicted molar refractivity (Wildman–Crippen MR) is 83.6 cm³/mol. The number of sulfone groups is 1. The molecule has 0 heterocycles. The molecule has 0 unspecified atom stereocenters. The molecule has 0 spiro atoms. The van der Waals surface area contributed by atoms with E-state index >= 15 is 0 Å². The first kappa shape index (κ1) is 15.8. The van der Waals surface area contributed by atoms with Crippen LogP contribution < -0.4 is 0 Å². The van der Waals surface area contributed by atoms with Crippen LogP contribution in [0.1, 0.15) is 10.4 Å². The van der Waals surface area contributed by atoms with Crippen molar-refractivity contribution in [2.24, 2.45) is 0 Å². The van der Waals surface area contributed by atoms with Crippen molar-refractivity contribution in [2.45, 2.75) is 4.90 Å². The van der Waals surface area contributed by atoms with E-state index in [9.17, 15) is 13.2 Å². The Hall–Kier alpha value is -1.62. The van der Waals surface area contributed by atoms with E-state index in [1.165, 1.54) is 18.2 Å². The molecule has 0 bridgehead atoms. The van der Waals surface area contributed by atoms with Crippen molar-refractivity contribution in [3.05, 3.63) is 75.6 Å². The molecule has 0 aliphatic rings. The first-order valence-corrected chi connectivity index (χ1v) is 8.18. The molecule has 21 heavy (non-hydrogen) atoms. The zero-order valence-corrected chi connectivity index (χ0v) is 13.0. The van der Waals surface area contributed by atoms with Crippen molar-refractivity contribution in [2.75, 3.05) is 0 Å². The number of hydrogen-bond donors (Lipinski definition) is 0. The Labute approximate surface area is 132 Å². The van der Waals surface area contributed by atoms with Crippen molar-refractivity contribution >= 4 is 38.8 Å². The Morgan fingerprint density at radius 1 is 0.952 bits per heavy atom. The van der Waals surface area contributed by atoms with Crippen molar-refractivity contribution in [1.29, 1.82) is 0 Å². The van der Waals surface area contributed by atoms with E-state index in [1.54, 1.807) is 30.3 Å². The van der Waals surface area contributed by atoms with Crippen LogP contribution in [0.15, 0.2) is 64.9 Å². The van der Waals surface area contributed by atoms with Gasteiger partial charge in [0.25, 0.3) is 0 Å². The van der Waals surface area contributed by atoms with Crippen LogP contribution in [0.2, 0.25) is 10.0 Å². The molecule has 108 valence electrons. The molecule has 6 heteroatoms. The van der Waals surface area contributed by atoms with Crippen LogP contribution in [0.3, 0.4) is 0 Å². The van der Waals surface area contributed by atoms with E-state index in [0.717, 1.165) is 11.5 Å². The van der Waals surface area contributed by atoms with Gasteiger partial charge in [0, 0.05) is 11.0 Å². The molecular weight excluding hydrogens is 331 g/mol. The second-order valence-corrected chi connectivity index (χ2v) is 6.80. The molecule has 0 aliphatic carbocycles. The zero-order chi connectivity index (χ0) is 15.5. The fourth-order valence-electron chi connectivity index (χ4n) is 1.58. The molecule has 0 saturated heterocycles. The number of hydrogen-bond acceptors (Lipinski definition) is 3. The highest BCUT2D eigenvalue weighted by Gasteiger charge is 2.13. The third-order valence-corrected chi connectivity index (χ3v) is 4.82. The Kier molecular flexibility index (Phi) is 4.83. The second kappa shape index (κ2) is 6.43. The van der Waals surface area contributed by atoms with Crippen LogP contribution in [0, 0.1) is 0 Å². The average molecular weight is 341 g/mol. The summed E-state index contributed by atoms with van der Waals surface area (Å²) in [7, 11) is -3.75. The van der Waals surface area contributed by atoms with Crippen LogP contribution >= 0.6 is 23.2 Å². The Balaban J connectivity index is 2.27. The van der Waals surface area contributed by atoms with Gasteiger partial charge in [0.2, 0.25) is 0 Å². The van der Waals surface area contributed by atoms with Crippen LogP contribution in [-0.4, -0.2) is 14.2 Å². The second-order valence-electron chi connectivity index (χ2n) is 4.15. The number of benzene rings is 2. The zero-order valence-electron chi connectivity index (χ0n) is 10.7. The third-order valence-electron chi connectivity index (χ3n) is 2.68. The van der Waals surface area contributed by atoms with Crippen molar-refractivity contribution in [1.82, 2.24) is 0 Å². The van der Waals surface area contributed by atoms with Gasteiger partial charge in [0.15, 0.2) is 15.6 Å². The lowest BCUT2D eigenvalue weighted by Gasteiger charge is -2.01. The monoisotopic (exact) mass is 340 g/mol. The topological polar surface area (TPSA) is 51.2 Å². The molecule has 0 fully saturated rings. The largest absolute Gasteiger partial charge is 0.289 e. The number of carbonyl (C=O) groups excluding carboxylic acids is 1. The lowest BCUT2D eigenvalue weighted by molar-refractivity contribution is 0.104. The van der Waals surface area contributed by atoms with E-state index in [-0.39, 0.29) is 20.7 Å². The average Bonchev–Trinajstić information content (AvgIpc) is 2.48. The highest BCUT2D eigenvalue weighted by Crippen LogP contribution is 2.25. The lowest BCUT2D eigenvalue weighted by Crippen LogP contribution is -1.99. The number of rotatable bonds is 4. The quantitative estimate of drug-likeness (QED) is 0.620. The van der Waals surface area contributed by atoms with Gasteiger partial charge in [-0.05, 0) is 24.3 Å². The van der Waals surface area contributed by atoms with Crippen LogP contribution in [-0.2, 0) is 9.84 Å². The van der Waals surface area contributed by atoms with E-state index in [2.05, 4.69) is 0 Å². The molecule has 0 aliphatic heterocycles. The maximum absolute atomic E-state index is 12.1. The van der Waals surface area contributed by atoms with Gasteiger partial charge >= 0.3 is 0 Å². The van der Waals surface area contributed by atoms with Gasteiger partial charge in [-0.3, -0.25) is 4.79 Å². The Morgan fingerprint density at radius 2 is 1.62 bits per heavy atom. The summed E-state index contributed by atoms with van der Waals surface area (Å²) in [5, 5.41) is 1.27. The van der Waals surface area contributed by atoms with Gasteiger partial charge in [0.1, 0.15) is 0 Å². The maximum Gasteiger partial charge on any atom is 0.200 e. The fourth-order valence-corrected chi connectivity index (χ4v) is 2.94. The molecule has 3 nitrogen and oxygen atoms in total.